The van der Waals surface area contributed by atoms with E-state index in [4.69, 9.17) is 11.6 Å². The molecule has 0 N–H and O–H groups in total. The van der Waals surface area contributed by atoms with Crippen molar-refractivity contribution in [3.05, 3.63) is 64.3 Å². The Morgan fingerprint density at radius 1 is 1.16 bits per heavy atom. The van der Waals surface area contributed by atoms with E-state index < -0.39 is 0 Å². The molecule has 3 aliphatic heterocycles. The van der Waals surface area contributed by atoms with E-state index in [1.54, 1.807) is 12.1 Å². The fraction of sp³-hybridized carbons (Fsp3) is 0.350. The van der Waals surface area contributed by atoms with Crippen molar-refractivity contribution in [2.24, 2.45) is 0 Å². The monoisotopic (exact) mass is 355 g/mol. The normalized spacial score (nSPS) is 22.2. The molecule has 3 aliphatic rings. The molecule has 2 bridgehead atoms. The number of piperidine rings is 1. The first-order valence-electron chi connectivity index (χ1n) is 8.82. The number of fused-ring (bicyclic) bond motifs is 3. The SMILES string of the molecule is Fc1ccc2c(c1)c1c(n2Cc2ccc(Cl)nc2)C2CCN(CC2)C1. The molecule has 128 valence electrons. The van der Waals surface area contributed by atoms with Crippen molar-refractivity contribution in [3.8, 4) is 0 Å². The van der Waals surface area contributed by atoms with E-state index in [2.05, 4.69) is 14.5 Å². The number of aromatic nitrogens is 2. The van der Waals surface area contributed by atoms with Crippen LogP contribution in [0.1, 0.15) is 35.6 Å². The fourth-order valence-electron chi connectivity index (χ4n) is 4.49. The molecule has 1 saturated heterocycles. The minimum Gasteiger partial charge on any atom is -0.339 e. The van der Waals surface area contributed by atoms with Crippen LogP contribution in [-0.2, 0) is 13.1 Å². The molecule has 6 rings (SSSR count). The Balaban J connectivity index is 1.71. The second kappa shape index (κ2) is 5.82. The van der Waals surface area contributed by atoms with Gasteiger partial charge in [0.2, 0.25) is 0 Å². The topological polar surface area (TPSA) is 21.1 Å². The highest BCUT2D eigenvalue weighted by Gasteiger charge is 2.32. The van der Waals surface area contributed by atoms with Gasteiger partial charge in [0.1, 0.15) is 11.0 Å². The fourth-order valence-corrected chi connectivity index (χ4v) is 4.60. The van der Waals surface area contributed by atoms with Gasteiger partial charge in [0.25, 0.3) is 0 Å². The van der Waals surface area contributed by atoms with Gasteiger partial charge in [-0.05, 0) is 61.3 Å². The summed E-state index contributed by atoms with van der Waals surface area (Å²) in [6.45, 7) is 3.95. The maximum atomic E-state index is 14.0. The van der Waals surface area contributed by atoms with Gasteiger partial charge in [0.15, 0.2) is 0 Å². The zero-order valence-corrected chi connectivity index (χ0v) is 14.6. The molecule has 2 aromatic heterocycles. The van der Waals surface area contributed by atoms with E-state index in [9.17, 15) is 4.39 Å². The second-order valence-electron chi connectivity index (χ2n) is 7.15. The summed E-state index contributed by atoms with van der Waals surface area (Å²) in [5.41, 5.74) is 4.95. The number of hydrogen-bond donors (Lipinski definition) is 0. The first-order chi connectivity index (χ1) is 12.2. The van der Waals surface area contributed by atoms with Crippen molar-refractivity contribution in [2.75, 3.05) is 13.1 Å². The zero-order chi connectivity index (χ0) is 17.0. The molecule has 0 unspecified atom stereocenters. The summed E-state index contributed by atoms with van der Waals surface area (Å²) in [5.74, 6) is 0.400. The third-order valence-corrected chi connectivity index (χ3v) is 5.88. The lowest BCUT2D eigenvalue weighted by Crippen LogP contribution is -2.29. The number of nitrogens with zero attached hydrogens (tertiary/aromatic N) is 3. The van der Waals surface area contributed by atoms with E-state index in [-0.39, 0.29) is 5.82 Å². The number of hydrogen-bond acceptors (Lipinski definition) is 2. The summed E-state index contributed by atoms with van der Waals surface area (Å²) in [5, 5.41) is 1.57. The average molecular weight is 356 g/mol. The molecule has 3 nitrogen and oxygen atoms in total. The Labute approximate surface area is 151 Å². The lowest BCUT2D eigenvalue weighted by molar-refractivity contribution is 0.219. The van der Waals surface area contributed by atoms with Crippen LogP contribution in [0.4, 0.5) is 4.39 Å². The van der Waals surface area contributed by atoms with Crippen molar-refractivity contribution in [1.29, 1.82) is 0 Å². The molecular weight excluding hydrogens is 337 g/mol. The third-order valence-electron chi connectivity index (χ3n) is 5.66. The Hall–Kier alpha value is -1.91. The van der Waals surface area contributed by atoms with Crippen LogP contribution in [0.15, 0.2) is 36.5 Å². The second-order valence-corrected chi connectivity index (χ2v) is 7.54. The van der Waals surface area contributed by atoms with Gasteiger partial charge in [-0.2, -0.15) is 0 Å². The van der Waals surface area contributed by atoms with Crippen molar-refractivity contribution < 1.29 is 4.39 Å². The first kappa shape index (κ1) is 15.4. The number of pyridine rings is 1. The van der Waals surface area contributed by atoms with E-state index in [1.165, 1.54) is 24.1 Å². The van der Waals surface area contributed by atoms with E-state index >= 15 is 0 Å². The van der Waals surface area contributed by atoms with Crippen LogP contribution in [-0.4, -0.2) is 27.5 Å². The zero-order valence-electron chi connectivity index (χ0n) is 13.9. The van der Waals surface area contributed by atoms with Crippen molar-refractivity contribution in [1.82, 2.24) is 14.5 Å². The lowest BCUT2D eigenvalue weighted by atomic mass is 9.94. The molecule has 0 atom stereocenters. The standard InChI is InChI=1S/C20H19ClFN3/c21-19-4-1-13(10-23-19)11-25-18-3-2-15(22)9-16(18)17-12-24-7-5-14(6-8-24)20(17)25/h1-4,9-10,14H,5-8,11-12H2. The predicted molar refractivity (Wildman–Crippen MR) is 97.5 cm³/mol. The summed E-state index contributed by atoms with van der Waals surface area (Å²) < 4.78 is 16.3. The van der Waals surface area contributed by atoms with Gasteiger partial charge >= 0.3 is 0 Å². The van der Waals surface area contributed by atoms with Crippen LogP contribution in [0.3, 0.4) is 0 Å². The Bertz CT molecular complexity index is 940. The van der Waals surface area contributed by atoms with E-state index in [0.717, 1.165) is 42.6 Å². The van der Waals surface area contributed by atoms with Gasteiger partial charge in [0.05, 0.1) is 0 Å². The molecule has 0 aliphatic carbocycles. The molecule has 0 radical (unpaired) electrons. The minimum atomic E-state index is -0.160. The van der Waals surface area contributed by atoms with Crippen LogP contribution in [0.25, 0.3) is 10.9 Å². The lowest BCUT2D eigenvalue weighted by Gasteiger charge is -2.27. The van der Waals surface area contributed by atoms with Crippen LogP contribution in [0.5, 0.6) is 0 Å². The molecule has 3 aromatic rings. The molecule has 25 heavy (non-hydrogen) atoms. The van der Waals surface area contributed by atoms with Gasteiger partial charge in [-0.1, -0.05) is 17.7 Å². The highest BCUT2D eigenvalue weighted by Crippen LogP contribution is 2.41. The number of benzene rings is 1. The van der Waals surface area contributed by atoms with Crippen molar-refractivity contribution in [3.63, 3.8) is 0 Å². The molecule has 0 amide bonds. The minimum absolute atomic E-state index is 0.160. The molecule has 0 spiro atoms. The van der Waals surface area contributed by atoms with Crippen LogP contribution < -0.4 is 0 Å². The summed E-state index contributed by atoms with van der Waals surface area (Å²) >= 11 is 5.93. The summed E-state index contributed by atoms with van der Waals surface area (Å²) in [4.78, 5) is 6.72. The highest BCUT2D eigenvalue weighted by molar-refractivity contribution is 6.29. The number of halogens is 2. The quantitative estimate of drug-likeness (QED) is 0.628. The van der Waals surface area contributed by atoms with Crippen molar-refractivity contribution >= 4 is 22.5 Å². The number of rotatable bonds is 2. The Morgan fingerprint density at radius 3 is 2.76 bits per heavy atom. The van der Waals surface area contributed by atoms with Crippen LogP contribution in [0, 0.1) is 5.82 Å². The molecule has 1 aromatic carbocycles. The average Bonchev–Trinajstić information content (AvgIpc) is 2.77. The maximum Gasteiger partial charge on any atom is 0.129 e. The molecule has 1 fully saturated rings. The largest absolute Gasteiger partial charge is 0.339 e. The van der Waals surface area contributed by atoms with Gasteiger partial charge in [-0.25, -0.2) is 9.37 Å². The molecular formula is C20H19ClFN3. The van der Waals surface area contributed by atoms with E-state index in [0.29, 0.717) is 11.1 Å². The summed E-state index contributed by atoms with van der Waals surface area (Å²) in [7, 11) is 0. The Kier molecular flexibility index (Phi) is 3.57. The van der Waals surface area contributed by atoms with Crippen LogP contribution in [0.2, 0.25) is 5.15 Å². The molecule has 5 heteroatoms. The summed E-state index contributed by atoms with van der Waals surface area (Å²) in [6, 6.07) is 9.05. The van der Waals surface area contributed by atoms with Gasteiger partial charge in [-0.3, -0.25) is 4.90 Å². The maximum absolute atomic E-state index is 14.0. The van der Waals surface area contributed by atoms with E-state index in [1.807, 2.05) is 24.4 Å². The first-order valence-corrected chi connectivity index (χ1v) is 9.20. The molecule has 0 saturated carbocycles. The summed E-state index contributed by atoms with van der Waals surface area (Å²) in [6.07, 6.45) is 4.21. The van der Waals surface area contributed by atoms with Crippen molar-refractivity contribution in [2.45, 2.75) is 31.8 Å². The van der Waals surface area contributed by atoms with Gasteiger partial charge in [-0.15, -0.1) is 0 Å². The predicted octanol–water partition coefficient (Wildman–Crippen LogP) is 4.57. The van der Waals surface area contributed by atoms with Gasteiger partial charge < -0.3 is 4.57 Å². The third kappa shape index (κ3) is 2.55. The molecule has 5 heterocycles. The Morgan fingerprint density at radius 2 is 2.00 bits per heavy atom. The smallest absolute Gasteiger partial charge is 0.129 e. The van der Waals surface area contributed by atoms with Crippen LogP contribution >= 0.6 is 11.6 Å². The highest BCUT2D eigenvalue weighted by atomic mass is 35.5. The van der Waals surface area contributed by atoms with Gasteiger partial charge in [0, 0.05) is 41.8 Å².